The molecular weight excluding hydrogens is 423 g/mol. The molecule has 0 amide bonds. The van der Waals surface area contributed by atoms with Crippen molar-refractivity contribution in [1.29, 1.82) is 0 Å². The van der Waals surface area contributed by atoms with Crippen LogP contribution in [-0.2, 0) is 6.54 Å². The zero-order chi connectivity index (χ0) is 17.4. The summed E-state index contributed by atoms with van der Waals surface area (Å²) >= 11 is 0. The lowest BCUT2D eigenvalue weighted by atomic mass is 10.0. The number of guanidine groups is 1. The Morgan fingerprint density at radius 1 is 1.16 bits per heavy atom. The summed E-state index contributed by atoms with van der Waals surface area (Å²) in [5, 5.41) is 6.91. The molecule has 1 heterocycles. The Hall–Kier alpha value is -1.24. The molecule has 0 aliphatic carbocycles. The molecule has 0 aromatic heterocycles. The summed E-state index contributed by atoms with van der Waals surface area (Å²) < 4.78 is 0. The van der Waals surface area contributed by atoms with E-state index in [-0.39, 0.29) is 24.0 Å². The van der Waals surface area contributed by atoms with Crippen molar-refractivity contribution in [3.05, 3.63) is 42.0 Å². The van der Waals surface area contributed by atoms with Crippen LogP contribution in [0, 0.1) is 5.92 Å². The Balaban J connectivity index is 0.00000312. The zero-order valence-corrected chi connectivity index (χ0v) is 18.3. The van der Waals surface area contributed by atoms with E-state index >= 15 is 0 Å². The largest absolute Gasteiger partial charge is 0.364 e. The van der Waals surface area contributed by atoms with E-state index in [1.165, 1.54) is 17.7 Å². The van der Waals surface area contributed by atoms with Gasteiger partial charge >= 0.3 is 0 Å². The van der Waals surface area contributed by atoms with Crippen LogP contribution < -0.4 is 15.5 Å². The predicted octanol–water partition coefficient (Wildman–Crippen LogP) is 4.17. The average molecular weight is 456 g/mol. The fourth-order valence-corrected chi connectivity index (χ4v) is 2.82. The standard InChI is InChI=1S/C20H32N4.HI/c1-16(2)10-11-17(3)23-20(21-4)22-15-18-8-7-9-19(14-18)24-12-5-6-13-24;/h5-9,14,16-17H,10-13,15H2,1-4H3,(H2,21,22,23);1H. The molecule has 1 aromatic carbocycles. The Bertz CT molecular complexity index is 561. The maximum absolute atomic E-state index is 4.34. The van der Waals surface area contributed by atoms with Crippen LogP contribution in [-0.4, -0.2) is 32.1 Å². The van der Waals surface area contributed by atoms with Crippen molar-refractivity contribution >= 4 is 35.6 Å². The second-order valence-corrected chi connectivity index (χ2v) is 6.99. The van der Waals surface area contributed by atoms with Crippen LogP contribution in [0.15, 0.2) is 41.4 Å². The lowest BCUT2D eigenvalue weighted by Crippen LogP contribution is -2.41. The van der Waals surface area contributed by atoms with Gasteiger partial charge in [-0.25, -0.2) is 0 Å². The van der Waals surface area contributed by atoms with Gasteiger partial charge in [0.1, 0.15) is 0 Å². The minimum atomic E-state index is 0. The number of nitrogens with one attached hydrogen (secondary N) is 2. The Morgan fingerprint density at radius 2 is 1.88 bits per heavy atom. The molecule has 5 heteroatoms. The SMILES string of the molecule is CN=C(NCc1cccc(N2CC=CC2)c1)NC(C)CCC(C)C.I. The number of nitrogens with zero attached hydrogens (tertiary/aromatic N) is 2. The van der Waals surface area contributed by atoms with E-state index < -0.39 is 0 Å². The summed E-state index contributed by atoms with van der Waals surface area (Å²) in [5.41, 5.74) is 2.56. The number of rotatable bonds is 7. The van der Waals surface area contributed by atoms with Gasteiger partial charge in [-0.3, -0.25) is 4.99 Å². The van der Waals surface area contributed by atoms with E-state index in [1.54, 1.807) is 0 Å². The van der Waals surface area contributed by atoms with Gasteiger partial charge in [0.05, 0.1) is 0 Å². The fourth-order valence-electron chi connectivity index (χ4n) is 2.82. The first-order valence-corrected chi connectivity index (χ1v) is 9.04. The van der Waals surface area contributed by atoms with Crippen LogP contribution in [0.3, 0.4) is 0 Å². The van der Waals surface area contributed by atoms with Gasteiger partial charge in [-0.2, -0.15) is 0 Å². The third kappa shape index (κ3) is 7.67. The van der Waals surface area contributed by atoms with Gasteiger partial charge in [0, 0.05) is 38.4 Å². The Morgan fingerprint density at radius 3 is 2.52 bits per heavy atom. The predicted molar refractivity (Wildman–Crippen MR) is 120 cm³/mol. The number of benzene rings is 1. The van der Waals surface area contributed by atoms with E-state index in [0.717, 1.165) is 37.9 Å². The molecule has 1 aromatic rings. The molecular formula is C20H33IN4. The average Bonchev–Trinajstić information content (AvgIpc) is 3.11. The highest BCUT2D eigenvalue weighted by Gasteiger charge is 2.09. The molecule has 25 heavy (non-hydrogen) atoms. The van der Waals surface area contributed by atoms with Crippen molar-refractivity contribution in [1.82, 2.24) is 10.6 Å². The second kappa shape index (κ2) is 11.4. The molecule has 0 bridgehead atoms. The monoisotopic (exact) mass is 456 g/mol. The quantitative estimate of drug-likeness (QED) is 0.280. The number of hydrogen-bond acceptors (Lipinski definition) is 2. The van der Waals surface area contributed by atoms with Crippen molar-refractivity contribution in [3.8, 4) is 0 Å². The molecule has 0 spiro atoms. The number of aliphatic imine (C=N–C) groups is 1. The highest BCUT2D eigenvalue weighted by atomic mass is 127. The minimum absolute atomic E-state index is 0. The van der Waals surface area contributed by atoms with Gasteiger partial charge in [0.2, 0.25) is 0 Å². The minimum Gasteiger partial charge on any atom is -0.364 e. The van der Waals surface area contributed by atoms with Crippen molar-refractivity contribution < 1.29 is 0 Å². The highest BCUT2D eigenvalue weighted by Crippen LogP contribution is 2.18. The van der Waals surface area contributed by atoms with Crippen LogP contribution in [0.1, 0.15) is 39.2 Å². The van der Waals surface area contributed by atoms with Gasteiger partial charge in [0.25, 0.3) is 0 Å². The van der Waals surface area contributed by atoms with E-state index in [2.05, 4.69) is 77.7 Å². The molecule has 2 rings (SSSR count). The maximum atomic E-state index is 4.34. The molecule has 0 fully saturated rings. The summed E-state index contributed by atoms with van der Waals surface area (Å²) in [6, 6.07) is 9.16. The highest BCUT2D eigenvalue weighted by molar-refractivity contribution is 14.0. The molecule has 0 radical (unpaired) electrons. The fraction of sp³-hybridized carbons (Fsp3) is 0.550. The number of hydrogen-bond donors (Lipinski definition) is 2. The van der Waals surface area contributed by atoms with E-state index in [0.29, 0.717) is 6.04 Å². The van der Waals surface area contributed by atoms with Gasteiger partial charge in [0.15, 0.2) is 5.96 Å². The van der Waals surface area contributed by atoms with E-state index in [4.69, 9.17) is 0 Å². The summed E-state index contributed by atoms with van der Waals surface area (Å²) in [6.07, 6.45) is 6.83. The maximum Gasteiger partial charge on any atom is 0.191 e. The second-order valence-electron chi connectivity index (χ2n) is 6.99. The van der Waals surface area contributed by atoms with Crippen LogP contribution >= 0.6 is 24.0 Å². The van der Waals surface area contributed by atoms with Gasteiger partial charge in [-0.1, -0.05) is 38.1 Å². The zero-order valence-electron chi connectivity index (χ0n) is 16.0. The molecule has 4 nitrogen and oxygen atoms in total. The Kier molecular flexibility index (Phi) is 9.93. The van der Waals surface area contributed by atoms with Crippen LogP contribution in [0.5, 0.6) is 0 Å². The molecule has 1 aliphatic heterocycles. The first kappa shape index (κ1) is 21.8. The smallest absolute Gasteiger partial charge is 0.191 e. The van der Waals surface area contributed by atoms with Crippen LogP contribution in [0.25, 0.3) is 0 Å². The van der Waals surface area contributed by atoms with E-state index in [9.17, 15) is 0 Å². The molecule has 1 atom stereocenters. The van der Waals surface area contributed by atoms with Gasteiger partial charge in [-0.15, -0.1) is 24.0 Å². The topological polar surface area (TPSA) is 39.7 Å². The van der Waals surface area contributed by atoms with Crippen molar-refractivity contribution in [3.63, 3.8) is 0 Å². The lowest BCUT2D eigenvalue weighted by Gasteiger charge is -2.20. The number of halogens is 1. The van der Waals surface area contributed by atoms with Crippen LogP contribution in [0.4, 0.5) is 5.69 Å². The van der Waals surface area contributed by atoms with Crippen LogP contribution in [0.2, 0.25) is 0 Å². The first-order valence-electron chi connectivity index (χ1n) is 9.04. The van der Waals surface area contributed by atoms with Gasteiger partial charge in [-0.05, 0) is 43.4 Å². The van der Waals surface area contributed by atoms with Crippen molar-refractivity contribution in [2.45, 2.75) is 46.2 Å². The lowest BCUT2D eigenvalue weighted by molar-refractivity contribution is 0.489. The van der Waals surface area contributed by atoms with Crippen molar-refractivity contribution in [2.75, 3.05) is 25.0 Å². The summed E-state index contributed by atoms with van der Waals surface area (Å²) in [6.45, 7) is 9.55. The summed E-state index contributed by atoms with van der Waals surface area (Å²) in [7, 11) is 1.83. The van der Waals surface area contributed by atoms with E-state index in [1.807, 2.05) is 7.05 Å². The molecule has 0 saturated heterocycles. The molecule has 2 N–H and O–H groups in total. The Labute approximate surface area is 170 Å². The normalized spacial score (nSPS) is 15.2. The van der Waals surface area contributed by atoms with Crippen molar-refractivity contribution in [2.24, 2.45) is 10.9 Å². The molecule has 0 saturated carbocycles. The van der Waals surface area contributed by atoms with Gasteiger partial charge < -0.3 is 15.5 Å². The summed E-state index contributed by atoms with van der Waals surface area (Å²) in [5.74, 6) is 1.62. The molecule has 1 unspecified atom stereocenters. The first-order chi connectivity index (χ1) is 11.6. The molecule has 1 aliphatic rings. The third-order valence-corrected chi connectivity index (χ3v) is 4.34. The molecule has 140 valence electrons. The number of anilines is 1. The summed E-state index contributed by atoms with van der Waals surface area (Å²) in [4.78, 5) is 6.71. The third-order valence-electron chi connectivity index (χ3n) is 4.34.